The van der Waals surface area contributed by atoms with Crippen LogP contribution in [0.3, 0.4) is 0 Å². The lowest BCUT2D eigenvalue weighted by molar-refractivity contribution is 0.661. The number of aryl methyl sites for hydroxylation is 3. The summed E-state index contributed by atoms with van der Waals surface area (Å²) in [6.07, 6.45) is 4.57. The molecule has 0 fully saturated rings. The molecule has 0 bridgehead atoms. The summed E-state index contributed by atoms with van der Waals surface area (Å²) < 4.78 is 2.10. The van der Waals surface area contributed by atoms with E-state index in [9.17, 15) is 0 Å². The summed E-state index contributed by atoms with van der Waals surface area (Å²) in [4.78, 5) is 13.4. The maximum absolute atomic E-state index is 6.26. The highest BCUT2D eigenvalue weighted by molar-refractivity contribution is 7.09. The molecule has 0 amide bonds. The third-order valence-corrected chi connectivity index (χ3v) is 4.17. The predicted octanol–water partition coefficient (Wildman–Crippen LogP) is 3.74. The van der Waals surface area contributed by atoms with Crippen LogP contribution in [0, 0.1) is 6.92 Å². The van der Waals surface area contributed by atoms with E-state index in [0.29, 0.717) is 0 Å². The van der Waals surface area contributed by atoms with Crippen molar-refractivity contribution in [1.82, 2.24) is 19.5 Å². The second kappa shape index (κ2) is 5.50. The first kappa shape index (κ1) is 13.5. The van der Waals surface area contributed by atoms with Crippen LogP contribution in [-0.4, -0.2) is 19.5 Å². The summed E-state index contributed by atoms with van der Waals surface area (Å²) in [6, 6.07) is 2.05. The molecule has 0 saturated carbocycles. The molecule has 0 aliphatic carbocycles. The lowest BCUT2D eigenvalue weighted by Gasteiger charge is -2.08. The van der Waals surface area contributed by atoms with E-state index in [-0.39, 0.29) is 5.38 Å². The normalized spacial score (nSPS) is 12.9. The topological polar surface area (TPSA) is 43.6 Å². The predicted molar refractivity (Wildman–Crippen MR) is 82.4 cm³/mol. The Hall–Kier alpha value is -1.46. The summed E-state index contributed by atoms with van der Waals surface area (Å²) in [5, 5.41) is 2.97. The van der Waals surface area contributed by atoms with Crippen LogP contribution < -0.4 is 0 Å². The van der Waals surface area contributed by atoms with Gasteiger partial charge in [-0.05, 0) is 25.5 Å². The lowest BCUT2D eigenvalue weighted by atomic mass is 10.3. The second-order valence-corrected chi connectivity index (χ2v) is 6.40. The van der Waals surface area contributed by atoms with E-state index in [1.165, 1.54) is 0 Å². The van der Waals surface area contributed by atoms with Gasteiger partial charge in [-0.2, -0.15) is 0 Å². The van der Waals surface area contributed by atoms with E-state index in [1.54, 1.807) is 11.3 Å². The summed E-state index contributed by atoms with van der Waals surface area (Å²) in [5.74, 6) is 0.872. The first-order valence-electron chi connectivity index (χ1n) is 6.50. The molecule has 0 radical (unpaired) electrons. The van der Waals surface area contributed by atoms with Gasteiger partial charge in [-0.15, -0.1) is 22.9 Å². The Morgan fingerprint density at radius 1 is 1.40 bits per heavy atom. The summed E-state index contributed by atoms with van der Waals surface area (Å²) in [6.45, 7) is 4.76. The molecule has 3 aromatic rings. The first-order chi connectivity index (χ1) is 9.65. The number of alkyl halides is 1. The van der Waals surface area contributed by atoms with E-state index in [4.69, 9.17) is 11.6 Å². The lowest BCUT2D eigenvalue weighted by Crippen LogP contribution is -2.07. The number of nitrogens with zero attached hydrogens (tertiary/aromatic N) is 4. The van der Waals surface area contributed by atoms with Crippen LogP contribution in [0.15, 0.2) is 23.8 Å². The molecule has 3 heterocycles. The molecule has 0 aliphatic heterocycles. The van der Waals surface area contributed by atoms with Crippen LogP contribution in [0.5, 0.6) is 0 Å². The van der Waals surface area contributed by atoms with Crippen LogP contribution in [0.2, 0.25) is 0 Å². The van der Waals surface area contributed by atoms with Gasteiger partial charge >= 0.3 is 0 Å². The van der Waals surface area contributed by atoms with Crippen molar-refractivity contribution in [2.45, 2.75) is 32.2 Å². The number of hydrogen-bond donors (Lipinski definition) is 0. The van der Waals surface area contributed by atoms with Gasteiger partial charge in [0, 0.05) is 30.7 Å². The second-order valence-electron chi connectivity index (χ2n) is 4.77. The highest BCUT2D eigenvalue weighted by Crippen LogP contribution is 2.24. The number of thiazole rings is 1. The van der Waals surface area contributed by atoms with Gasteiger partial charge < -0.3 is 4.57 Å². The first-order valence-corrected chi connectivity index (χ1v) is 7.82. The Kier molecular flexibility index (Phi) is 3.72. The van der Waals surface area contributed by atoms with Gasteiger partial charge in [0.1, 0.15) is 11.3 Å². The van der Waals surface area contributed by atoms with Crippen LogP contribution in [0.25, 0.3) is 11.2 Å². The van der Waals surface area contributed by atoms with Gasteiger partial charge in [0.25, 0.3) is 0 Å². The number of hydrogen-bond acceptors (Lipinski definition) is 4. The summed E-state index contributed by atoms with van der Waals surface area (Å²) in [7, 11) is 0. The minimum atomic E-state index is -0.138. The van der Waals surface area contributed by atoms with Crippen LogP contribution in [0.4, 0.5) is 0 Å². The highest BCUT2D eigenvalue weighted by atomic mass is 35.5. The third-order valence-electron chi connectivity index (χ3n) is 3.14. The molecular formula is C14H15ClN4S. The Bertz CT molecular complexity index is 718. The number of fused-ring (bicyclic) bond motifs is 1. The Morgan fingerprint density at radius 2 is 2.25 bits per heavy atom. The minimum Gasteiger partial charge on any atom is -0.311 e. The molecule has 0 aliphatic rings. The number of pyridine rings is 1. The number of aromatic nitrogens is 4. The number of imidazole rings is 1. The fraction of sp³-hybridized carbons (Fsp3) is 0.357. The van der Waals surface area contributed by atoms with Crippen LogP contribution >= 0.6 is 22.9 Å². The monoisotopic (exact) mass is 306 g/mol. The van der Waals surface area contributed by atoms with Crippen LogP contribution in [0.1, 0.15) is 28.7 Å². The van der Waals surface area contributed by atoms with Crippen molar-refractivity contribution in [1.29, 1.82) is 0 Å². The maximum Gasteiger partial charge on any atom is 0.160 e. The number of rotatable bonds is 4. The largest absolute Gasteiger partial charge is 0.311 e. The maximum atomic E-state index is 6.26. The third kappa shape index (κ3) is 2.55. The molecule has 0 aromatic carbocycles. The van der Waals surface area contributed by atoms with Gasteiger partial charge in [0.05, 0.1) is 10.4 Å². The van der Waals surface area contributed by atoms with Gasteiger partial charge in [-0.25, -0.2) is 15.0 Å². The molecule has 0 saturated heterocycles. The van der Waals surface area contributed by atoms with Gasteiger partial charge in [-0.1, -0.05) is 0 Å². The van der Waals surface area contributed by atoms with Gasteiger partial charge in [0.2, 0.25) is 0 Å². The molecule has 3 rings (SSSR count). The van der Waals surface area contributed by atoms with Crippen molar-refractivity contribution in [2.75, 3.05) is 0 Å². The quantitative estimate of drug-likeness (QED) is 0.690. The SMILES string of the molecule is Cc1cnc2c(c1)nc(C(C)Cl)n2CCc1nccs1. The van der Waals surface area contributed by atoms with Crippen molar-refractivity contribution in [3.63, 3.8) is 0 Å². The fourth-order valence-electron chi connectivity index (χ4n) is 2.24. The van der Waals surface area contributed by atoms with E-state index < -0.39 is 0 Å². The molecule has 0 spiro atoms. The smallest absolute Gasteiger partial charge is 0.160 e. The Balaban J connectivity index is 2.00. The number of halogens is 1. The van der Waals surface area contributed by atoms with E-state index in [2.05, 4.69) is 19.5 Å². The minimum absolute atomic E-state index is 0.138. The van der Waals surface area contributed by atoms with Crippen molar-refractivity contribution < 1.29 is 0 Å². The van der Waals surface area contributed by atoms with Crippen molar-refractivity contribution in [2.24, 2.45) is 0 Å². The van der Waals surface area contributed by atoms with Gasteiger partial charge in [-0.3, -0.25) is 0 Å². The van der Waals surface area contributed by atoms with Crippen LogP contribution in [-0.2, 0) is 13.0 Å². The zero-order valence-electron chi connectivity index (χ0n) is 11.4. The summed E-state index contributed by atoms with van der Waals surface area (Å²) >= 11 is 7.92. The molecule has 20 heavy (non-hydrogen) atoms. The molecule has 0 N–H and O–H groups in total. The van der Waals surface area contributed by atoms with E-state index in [0.717, 1.165) is 40.5 Å². The Morgan fingerprint density at radius 3 is 2.95 bits per heavy atom. The molecule has 104 valence electrons. The average Bonchev–Trinajstić information content (AvgIpc) is 3.02. The molecule has 3 aromatic heterocycles. The standard InChI is InChI=1S/C14H15ClN4S/c1-9-7-11-14(17-8-9)19(13(18-11)10(2)15)5-3-12-16-4-6-20-12/h4,6-8,10H,3,5H2,1-2H3. The zero-order valence-corrected chi connectivity index (χ0v) is 12.9. The van der Waals surface area contributed by atoms with Crippen molar-refractivity contribution >= 4 is 34.1 Å². The molecule has 6 heteroatoms. The zero-order chi connectivity index (χ0) is 14.1. The van der Waals surface area contributed by atoms with Gasteiger partial charge in [0.15, 0.2) is 5.65 Å². The molecular weight excluding hydrogens is 292 g/mol. The van der Waals surface area contributed by atoms with Crippen molar-refractivity contribution in [3.8, 4) is 0 Å². The van der Waals surface area contributed by atoms with Crippen molar-refractivity contribution in [3.05, 3.63) is 40.2 Å². The molecule has 1 unspecified atom stereocenters. The van der Waals surface area contributed by atoms with E-state index >= 15 is 0 Å². The highest BCUT2D eigenvalue weighted by Gasteiger charge is 2.16. The summed E-state index contributed by atoms with van der Waals surface area (Å²) in [5.41, 5.74) is 2.91. The molecule has 4 nitrogen and oxygen atoms in total. The van der Waals surface area contributed by atoms with E-state index in [1.807, 2.05) is 37.7 Å². The fourth-order valence-corrected chi connectivity index (χ4v) is 3.01. The Labute approximate surface area is 126 Å². The molecule has 1 atom stereocenters. The average molecular weight is 307 g/mol.